The number of nitrogens with one attached hydrogen (secondary N) is 1. The van der Waals surface area contributed by atoms with E-state index in [-0.39, 0.29) is 11.6 Å². The molecule has 0 atom stereocenters. The number of carbonyl (C=O) groups excluding carboxylic acids is 1. The minimum Gasteiger partial charge on any atom is -0.383 e. The van der Waals surface area contributed by atoms with Gasteiger partial charge in [0.1, 0.15) is 5.82 Å². The zero-order chi connectivity index (χ0) is 11.8. The monoisotopic (exact) mass is 216 g/mol. The van der Waals surface area contributed by atoms with Gasteiger partial charge in [0, 0.05) is 23.1 Å². The maximum absolute atomic E-state index is 11.7. The molecule has 16 heavy (non-hydrogen) atoms. The van der Waals surface area contributed by atoms with E-state index in [4.69, 9.17) is 5.53 Å². The van der Waals surface area contributed by atoms with Crippen molar-refractivity contribution in [1.82, 2.24) is 5.32 Å². The second-order valence-electron chi connectivity index (χ2n) is 2.98. The third kappa shape index (κ3) is 3.48. The smallest absolute Gasteiger partial charge is 0.187 e. The van der Waals surface area contributed by atoms with Crippen molar-refractivity contribution in [3.8, 4) is 0 Å². The highest BCUT2D eigenvalue weighted by Gasteiger charge is 2.02. The summed E-state index contributed by atoms with van der Waals surface area (Å²) < 4.78 is 0. The number of hydrogen-bond acceptors (Lipinski definition) is 3. The fraction of sp³-hybridized carbons (Fsp3) is 0.182. The SMILES string of the molecule is CCN/C(=C/C(=O)c1ccccc1)N=[N+]=[N-]. The summed E-state index contributed by atoms with van der Waals surface area (Å²) in [6.45, 7) is 2.45. The Balaban J connectivity index is 2.89. The Kier molecular flexibility index (Phi) is 4.63. The molecule has 5 nitrogen and oxygen atoms in total. The number of hydrogen-bond donors (Lipinski definition) is 1. The summed E-state index contributed by atoms with van der Waals surface area (Å²) in [4.78, 5) is 14.3. The summed E-state index contributed by atoms with van der Waals surface area (Å²) in [5.74, 6) is 0.0443. The van der Waals surface area contributed by atoms with E-state index in [1.807, 2.05) is 13.0 Å². The Morgan fingerprint density at radius 1 is 1.50 bits per heavy atom. The van der Waals surface area contributed by atoms with Crippen molar-refractivity contribution in [3.05, 3.63) is 58.2 Å². The Bertz CT molecular complexity index is 433. The van der Waals surface area contributed by atoms with E-state index in [0.717, 1.165) is 0 Å². The van der Waals surface area contributed by atoms with Crippen molar-refractivity contribution >= 4 is 5.78 Å². The number of azide groups is 1. The van der Waals surface area contributed by atoms with Crippen LogP contribution in [0.2, 0.25) is 0 Å². The van der Waals surface area contributed by atoms with Crippen LogP contribution in [0, 0.1) is 0 Å². The molecule has 0 aliphatic rings. The van der Waals surface area contributed by atoms with E-state index in [2.05, 4.69) is 15.3 Å². The Morgan fingerprint density at radius 3 is 2.75 bits per heavy atom. The first-order valence-corrected chi connectivity index (χ1v) is 4.88. The summed E-state index contributed by atoms with van der Waals surface area (Å²) in [5.41, 5.74) is 8.87. The van der Waals surface area contributed by atoms with Crippen LogP contribution in [0.4, 0.5) is 0 Å². The van der Waals surface area contributed by atoms with Gasteiger partial charge in [0.05, 0.1) is 0 Å². The van der Waals surface area contributed by atoms with Gasteiger partial charge in [0.15, 0.2) is 5.78 Å². The molecule has 0 spiro atoms. The molecule has 0 heterocycles. The number of nitrogens with zero attached hydrogens (tertiary/aromatic N) is 3. The lowest BCUT2D eigenvalue weighted by Crippen LogP contribution is -2.11. The van der Waals surface area contributed by atoms with Gasteiger partial charge in [-0.05, 0) is 17.6 Å². The van der Waals surface area contributed by atoms with Gasteiger partial charge in [-0.3, -0.25) is 4.79 Å². The van der Waals surface area contributed by atoms with E-state index < -0.39 is 0 Å². The Labute approximate surface area is 93.4 Å². The lowest BCUT2D eigenvalue weighted by Gasteiger charge is -2.01. The van der Waals surface area contributed by atoms with E-state index in [1.165, 1.54) is 6.08 Å². The van der Waals surface area contributed by atoms with Crippen LogP contribution in [0.25, 0.3) is 10.4 Å². The van der Waals surface area contributed by atoms with Gasteiger partial charge in [-0.15, -0.1) is 0 Å². The predicted octanol–water partition coefficient (Wildman–Crippen LogP) is 2.63. The molecule has 1 aromatic carbocycles. The molecule has 0 amide bonds. The lowest BCUT2D eigenvalue weighted by atomic mass is 10.1. The largest absolute Gasteiger partial charge is 0.383 e. The molecule has 0 unspecified atom stereocenters. The van der Waals surface area contributed by atoms with E-state index in [0.29, 0.717) is 12.1 Å². The van der Waals surface area contributed by atoms with Crippen LogP contribution in [0.15, 0.2) is 47.3 Å². The summed E-state index contributed by atoms with van der Waals surface area (Å²) in [5, 5.41) is 6.19. The zero-order valence-electron chi connectivity index (χ0n) is 8.92. The van der Waals surface area contributed by atoms with Crippen molar-refractivity contribution in [1.29, 1.82) is 0 Å². The first-order chi connectivity index (χ1) is 7.77. The van der Waals surface area contributed by atoms with Crippen LogP contribution < -0.4 is 5.32 Å². The van der Waals surface area contributed by atoms with Crippen LogP contribution in [-0.2, 0) is 0 Å². The molecular formula is C11H12N4O. The maximum Gasteiger partial charge on any atom is 0.187 e. The van der Waals surface area contributed by atoms with Gasteiger partial charge in [-0.2, -0.15) is 0 Å². The molecule has 0 fully saturated rings. The minimum atomic E-state index is -0.191. The highest BCUT2D eigenvalue weighted by atomic mass is 16.1. The second kappa shape index (κ2) is 6.27. The molecule has 0 saturated heterocycles. The third-order valence-electron chi connectivity index (χ3n) is 1.84. The first-order valence-electron chi connectivity index (χ1n) is 4.88. The van der Waals surface area contributed by atoms with Gasteiger partial charge in [-0.25, -0.2) is 0 Å². The van der Waals surface area contributed by atoms with E-state index >= 15 is 0 Å². The summed E-state index contributed by atoms with van der Waals surface area (Å²) in [7, 11) is 0. The number of benzene rings is 1. The predicted molar refractivity (Wildman–Crippen MR) is 61.7 cm³/mol. The van der Waals surface area contributed by atoms with Gasteiger partial charge in [0.25, 0.3) is 0 Å². The molecule has 0 saturated carbocycles. The Hall–Kier alpha value is -2.26. The second-order valence-corrected chi connectivity index (χ2v) is 2.98. The number of allylic oxidation sites excluding steroid dienone is 1. The fourth-order valence-corrected chi connectivity index (χ4v) is 1.15. The third-order valence-corrected chi connectivity index (χ3v) is 1.84. The number of ketones is 1. The summed E-state index contributed by atoms with van der Waals surface area (Å²) in [6, 6.07) is 8.80. The zero-order valence-corrected chi connectivity index (χ0v) is 8.92. The molecule has 5 heteroatoms. The van der Waals surface area contributed by atoms with Gasteiger partial charge in [-0.1, -0.05) is 30.3 Å². The molecule has 0 aliphatic carbocycles. The molecular weight excluding hydrogens is 204 g/mol. The fourth-order valence-electron chi connectivity index (χ4n) is 1.15. The van der Waals surface area contributed by atoms with Crippen molar-refractivity contribution < 1.29 is 4.79 Å². The van der Waals surface area contributed by atoms with Crippen molar-refractivity contribution in [2.75, 3.05) is 6.54 Å². The van der Waals surface area contributed by atoms with Gasteiger partial charge < -0.3 is 5.32 Å². The van der Waals surface area contributed by atoms with Crippen LogP contribution in [0.5, 0.6) is 0 Å². The quantitative estimate of drug-likeness (QED) is 0.270. The van der Waals surface area contributed by atoms with Crippen molar-refractivity contribution in [2.24, 2.45) is 5.11 Å². The van der Waals surface area contributed by atoms with Crippen LogP contribution >= 0.6 is 0 Å². The molecule has 1 N–H and O–H groups in total. The highest BCUT2D eigenvalue weighted by molar-refractivity contribution is 6.04. The number of carbonyl (C=O) groups is 1. The molecule has 82 valence electrons. The average Bonchev–Trinajstić information content (AvgIpc) is 2.31. The van der Waals surface area contributed by atoms with Crippen LogP contribution in [0.3, 0.4) is 0 Å². The van der Waals surface area contributed by atoms with Crippen molar-refractivity contribution in [3.63, 3.8) is 0 Å². The van der Waals surface area contributed by atoms with E-state index in [1.54, 1.807) is 24.3 Å². The molecule has 0 bridgehead atoms. The molecule has 0 radical (unpaired) electrons. The topological polar surface area (TPSA) is 77.9 Å². The summed E-state index contributed by atoms with van der Waals surface area (Å²) >= 11 is 0. The molecule has 1 rings (SSSR count). The highest BCUT2D eigenvalue weighted by Crippen LogP contribution is 2.03. The normalized spacial score (nSPS) is 10.4. The van der Waals surface area contributed by atoms with Gasteiger partial charge in [0.2, 0.25) is 0 Å². The van der Waals surface area contributed by atoms with Gasteiger partial charge >= 0.3 is 0 Å². The molecule has 1 aromatic rings. The van der Waals surface area contributed by atoms with E-state index in [9.17, 15) is 4.79 Å². The molecule has 0 aliphatic heterocycles. The first kappa shape index (κ1) is 11.8. The average molecular weight is 216 g/mol. The minimum absolute atomic E-state index is 0.191. The van der Waals surface area contributed by atoms with Crippen molar-refractivity contribution in [2.45, 2.75) is 6.92 Å². The molecule has 0 aromatic heterocycles. The summed E-state index contributed by atoms with van der Waals surface area (Å²) in [6.07, 6.45) is 1.29. The number of rotatable bonds is 5. The van der Waals surface area contributed by atoms with Crippen LogP contribution in [0.1, 0.15) is 17.3 Å². The Morgan fingerprint density at radius 2 is 2.19 bits per heavy atom. The lowest BCUT2D eigenvalue weighted by molar-refractivity contribution is 0.104. The maximum atomic E-state index is 11.7. The van der Waals surface area contributed by atoms with Crippen LogP contribution in [-0.4, -0.2) is 12.3 Å². The standard InChI is InChI=1S/C11H12N4O/c1-2-13-11(14-15-12)8-10(16)9-6-4-3-5-7-9/h3-8,13H,2H2,1H3/b11-8-.